The predicted molar refractivity (Wildman–Crippen MR) is 115 cm³/mol. The summed E-state index contributed by atoms with van der Waals surface area (Å²) >= 11 is 0. The Kier molecular flexibility index (Phi) is 7.42. The Morgan fingerprint density at radius 2 is 2.09 bits per heavy atom. The number of rotatable bonds is 8. The van der Waals surface area contributed by atoms with Crippen molar-refractivity contribution in [3.63, 3.8) is 0 Å². The number of hydrogen-bond acceptors (Lipinski definition) is 8. The number of benzene rings is 1. The molecule has 2 N–H and O–H groups in total. The quantitative estimate of drug-likeness (QED) is 0.598. The molecule has 10 nitrogen and oxygen atoms in total. The molecule has 1 aromatic carbocycles. The Bertz CT molecular complexity index is 1050. The van der Waals surface area contributed by atoms with Crippen LogP contribution in [0.5, 0.6) is 11.5 Å². The van der Waals surface area contributed by atoms with E-state index in [1.807, 2.05) is 0 Å². The lowest BCUT2D eigenvalue weighted by molar-refractivity contribution is -0.126. The van der Waals surface area contributed by atoms with Crippen LogP contribution in [0.25, 0.3) is 0 Å². The third-order valence-electron chi connectivity index (χ3n) is 5.59. The van der Waals surface area contributed by atoms with Gasteiger partial charge in [-0.3, -0.25) is 4.79 Å². The summed E-state index contributed by atoms with van der Waals surface area (Å²) in [5.74, 6) is 0.410. The average Bonchev–Trinajstić information content (AvgIpc) is 3.15. The van der Waals surface area contributed by atoms with E-state index in [0.717, 1.165) is 0 Å². The van der Waals surface area contributed by atoms with Gasteiger partial charge < -0.3 is 24.4 Å². The SMILES string of the molecule is COc1ccc(OC)c(C(O)CNC(=O)C2CCCN(S(=O)(=O)c3c(C)noc3C)C2)c1. The monoisotopic (exact) mass is 467 g/mol. The minimum atomic E-state index is -3.82. The number of aryl methyl sites for hydroxylation is 2. The van der Waals surface area contributed by atoms with Crippen LogP contribution in [0.1, 0.15) is 36.0 Å². The second-order valence-corrected chi connectivity index (χ2v) is 9.60. The maximum atomic E-state index is 13.1. The summed E-state index contributed by atoms with van der Waals surface area (Å²) in [7, 11) is -0.808. The van der Waals surface area contributed by atoms with Crippen LogP contribution in [-0.4, -0.2) is 62.7 Å². The van der Waals surface area contributed by atoms with Crippen LogP contribution in [0.2, 0.25) is 0 Å². The molecule has 1 saturated heterocycles. The zero-order valence-electron chi connectivity index (χ0n) is 18.6. The molecule has 0 aliphatic carbocycles. The number of hydrogen-bond donors (Lipinski definition) is 2. The van der Waals surface area contributed by atoms with E-state index in [2.05, 4.69) is 10.5 Å². The zero-order chi connectivity index (χ0) is 23.5. The molecule has 1 amide bonds. The molecule has 1 aliphatic rings. The van der Waals surface area contributed by atoms with Gasteiger partial charge >= 0.3 is 0 Å². The van der Waals surface area contributed by atoms with Crippen molar-refractivity contribution in [1.82, 2.24) is 14.8 Å². The second-order valence-electron chi connectivity index (χ2n) is 7.72. The number of amides is 1. The fourth-order valence-corrected chi connectivity index (χ4v) is 5.71. The molecule has 0 spiro atoms. The summed E-state index contributed by atoms with van der Waals surface area (Å²) < 4.78 is 42.9. The minimum absolute atomic E-state index is 0.0462. The highest BCUT2D eigenvalue weighted by molar-refractivity contribution is 7.89. The Labute approximate surface area is 187 Å². The van der Waals surface area contributed by atoms with E-state index in [1.165, 1.54) is 18.5 Å². The Morgan fingerprint density at radius 3 is 2.72 bits per heavy atom. The second kappa shape index (κ2) is 9.88. The summed E-state index contributed by atoms with van der Waals surface area (Å²) in [5.41, 5.74) is 0.780. The van der Waals surface area contributed by atoms with E-state index < -0.39 is 22.0 Å². The fourth-order valence-electron chi connectivity index (χ4n) is 3.90. The van der Waals surface area contributed by atoms with E-state index in [-0.39, 0.29) is 29.7 Å². The first-order valence-electron chi connectivity index (χ1n) is 10.3. The number of carbonyl (C=O) groups excluding carboxylic acids is 1. The highest BCUT2D eigenvalue weighted by Crippen LogP contribution is 2.30. The van der Waals surface area contributed by atoms with Crippen molar-refractivity contribution in [2.75, 3.05) is 33.9 Å². The van der Waals surface area contributed by atoms with Gasteiger partial charge in [0.05, 0.1) is 26.2 Å². The van der Waals surface area contributed by atoms with Gasteiger partial charge in [0.25, 0.3) is 0 Å². The normalized spacial score (nSPS) is 18.2. The largest absolute Gasteiger partial charge is 0.497 e. The molecule has 11 heteroatoms. The van der Waals surface area contributed by atoms with E-state index >= 15 is 0 Å². The van der Waals surface area contributed by atoms with E-state index in [9.17, 15) is 18.3 Å². The van der Waals surface area contributed by atoms with Crippen molar-refractivity contribution in [2.45, 2.75) is 37.7 Å². The maximum Gasteiger partial charge on any atom is 0.248 e. The lowest BCUT2D eigenvalue weighted by Crippen LogP contribution is -2.46. The van der Waals surface area contributed by atoms with E-state index in [0.29, 0.717) is 42.1 Å². The summed E-state index contributed by atoms with van der Waals surface area (Å²) in [6, 6.07) is 5.04. The van der Waals surface area contributed by atoms with Crippen molar-refractivity contribution in [2.24, 2.45) is 5.92 Å². The number of sulfonamides is 1. The maximum absolute atomic E-state index is 13.1. The highest BCUT2D eigenvalue weighted by atomic mass is 32.2. The number of carbonyl (C=O) groups is 1. The van der Waals surface area contributed by atoms with E-state index in [4.69, 9.17) is 14.0 Å². The van der Waals surface area contributed by atoms with Crippen molar-refractivity contribution in [3.05, 3.63) is 35.2 Å². The molecule has 0 saturated carbocycles. The summed E-state index contributed by atoms with van der Waals surface area (Å²) in [6.07, 6.45) is 0.0834. The number of piperidine rings is 1. The molecule has 0 radical (unpaired) electrons. The molecular formula is C21H29N3O7S. The van der Waals surface area contributed by atoms with Gasteiger partial charge in [-0.2, -0.15) is 4.31 Å². The van der Waals surface area contributed by atoms with Crippen molar-refractivity contribution in [3.8, 4) is 11.5 Å². The Morgan fingerprint density at radius 1 is 1.34 bits per heavy atom. The van der Waals surface area contributed by atoms with Crippen LogP contribution in [0, 0.1) is 19.8 Å². The molecule has 1 aromatic heterocycles. The molecule has 2 unspecified atom stereocenters. The van der Waals surface area contributed by atoms with Crippen molar-refractivity contribution < 1.29 is 32.3 Å². The lowest BCUT2D eigenvalue weighted by Gasteiger charge is -2.31. The molecule has 2 heterocycles. The first-order chi connectivity index (χ1) is 15.2. The van der Waals surface area contributed by atoms with Crippen LogP contribution >= 0.6 is 0 Å². The topological polar surface area (TPSA) is 131 Å². The highest BCUT2D eigenvalue weighted by Gasteiger charge is 2.36. The number of aliphatic hydroxyl groups excluding tert-OH is 1. The Balaban J connectivity index is 1.66. The molecule has 3 rings (SSSR count). The molecule has 176 valence electrons. The summed E-state index contributed by atoms with van der Waals surface area (Å²) in [6.45, 7) is 3.45. The molecule has 2 aromatic rings. The van der Waals surface area contributed by atoms with Gasteiger partial charge in [0.15, 0.2) is 5.76 Å². The lowest BCUT2D eigenvalue weighted by atomic mass is 9.98. The van der Waals surface area contributed by atoms with Gasteiger partial charge in [-0.05, 0) is 44.9 Å². The van der Waals surface area contributed by atoms with Crippen LogP contribution in [0.3, 0.4) is 0 Å². The van der Waals surface area contributed by atoms with Crippen molar-refractivity contribution in [1.29, 1.82) is 0 Å². The van der Waals surface area contributed by atoms with Gasteiger partial charge in [0.1, 0.15) is 22.1 Å². The third kappa shape index (κ3) is 4.89. The number of aromatic nitrogens is 1. The van der Waals surface area contributed by atoms with Gasteiger partial charge in [-0.15, -0.1) is 0 Å². The number of methoxy groups -OCH3 is 2. The van der Waals surface area contributed by atoms with Crippen LogP contribution < -0.4 is 14.8 Å². The molecule has 1 aliphatic heterocycles. The van der Waals surface area contributed by atoms with Crippen LogP contribution in [0.15, 0.2) is 27.6 Å². The van der Waals surface area contributed by atoms with Crippen LogP contribution in [-0.2, 0) is 14.8 Å². The van der Waals surface area contributed by atoms with Crippen LogP contribution in [0.4, 0.5) is 0 Å². The average molecular weight is 468 g/mol. The minimum Gasteiger partial charge on any atom is -0.497 e. The zero-order valence-corrected chi connectivity index (χ0v) is 19.4. The number of nitrogens with one attached hydrogen (secondary N) is 1. The third-order valence-corrected chi connectivity index (χ3v) is 7.70. The van der Waals surface area contributed by atoms with E-state index in [1.54, 1.807) is 32.0 Å². The number of ether oxygens (including phenoxy) is 2. The molecule has 32 heavy (non-hydrogen) atoms. The van der Waals surface area contributed by atoms with Gasteiger partial charge in [0.2, 0.25) is 15.9 Å². The first-order valence-corrected chi connectivity index (χ1v) is 11.7. The van der Waals surface area contributed by atoms with Gasteiger partial charge in [-0.25, -0.2) is 8.42 Å². The molecule has 2 atom stereocenters. The molecular weight excluding hydrogens is 438 g/mol. The molecule has 1 fully saturated rings. The number of aliphatic hydroxyl groups is 1. The van der Waals surface area contributed by atoms with Gasteiger partial charge in [0, 0.05) is 25.2 Å². The van der Waals surface area contributed by atoms with Crippen molar-refractivity contribution >= 4 is 15.9 Å². The first kappa shape index (κ1) is 24.0. The summed E-state index contributed by atoms with van der Waals surface area (Å²) in [5, 5.41) is 17.1. The molecule has 0 bridgehead atoms. The summed E-state index contributed by atoms with van der Waals surface area (Å²) in [4.78, 5) is 12.8. The Hall–Kier alpha value is -2.63. The fraction of sp³-hybridized carbons (Fsp3) is 0.524. The standard InChI is InChI=1S/C21H29N3O7S/c1-13-20(14(2)31-23-13)32(27,28)24-9-5-6-15(12-24)21(26)22-11-18(25)17-10-16(29-3)7-8-19(17)30-4/h7-8,10,15,18,25H,5-6,9,11-12H2,1-4H3,(H,22,26). The number of nitrogens with zero attached hydrogens (tertiary/aromatic N) is 2. The predicted octanol–water partition coefficient (Wildman–Crippen LogP) is 1.56. The smallest absolute Gasteiger partial charge is 0.248 e. The van der Waals surface area contributed by atoms with Gasteiger partial charge in [-0.1, -0.05) is 5.16 Å².